The van der Waals surface area contributed by atoms with Gasteiger partial charge in [0.15, 0.2) is 0 Å². The molecule has 0 radical (unpaired) electrons. The van der Waals surface area contributed by atoms with E-state index in [0.29, 0.717) is 5.56 Å². The first-order valence-electron chi connectivity index (χ1n) is 6.10. The molecule has 0 bridgehead atoms. The highest BCUT2D eigenvalue weighted by Crippen LogP contribution is 2.14. The van der Waals surface area contributed by atoms with Gasteiger partial charge in [0, 0.05) is 5.56 Å². The Morgan fingerprint density at radius 3 is 2.45 bits per heavy atom. The Labute approximate surface area is 117 Å². The second-order valence-corrected chi connectivity index (χ2v) is 6.79. The van der Waals surface area contributed by atoms with E-state index in [1.54, 1.807) is 26.8 Å². The number of hydrogen-bond donors (Lipinski definition) is 2. The SMILES string of the molecule is Cc1ccc(CS(=O)(=O)N[C@H](C(=O)O)C(C)C)c(F)c1. The highest BCUT2D eigenvalue weighted by molar-refractivity contribution is 7.88. The van der Waals surface area contributed by atoms with E-state index in [1.165, 1.54) is 12.1 Å². The zero-order valence-electron chi connectivity index (χ0n) is 11.6. The predicted molar refractivity (Wildman–Crippen MR) is 73.2 cm³/mol. The van der Waals surface area contributed by atoms with Crippen LogP contribution in [0.2, 0.25) is 0 Å². The van der Waals surface area contributed by atoms with Crippen LogP contribution < -0.4 is 4.72 Å². The molecule has 0 saturated carbocycles. The number of halogens is 1. The van der Waals surface area contributed by atoms with Crippen LogP contribution in [0.5, 0.6) is 0 Å². The number of nitrogens with one attached hydrogen (secondary N) is 1. The van der Waals surface area contributed by atoms with Crippen LogP contribution >= 0.6 is 0 Å². The van der Waals surface area contributed by atoms with Crippen molar-refractivity contribution in [2.75, 3.05) is 0 Å². The molecule has 1 atom stereocenters. The Morgan fingerprint density at radius 1 is 1.40 bits per heavy atom. The van der Waals surface area contributed by atoms with Crippen LogP contribution in [-0.2, 0) is 20.6 Å². The largest absolute Gasteiger partial charge is 0.480 e. The van der Waals surface area contributed by atoms with E-state index in [2.05, 4.69) is 4.72 Å². The van der Waals surface area contributed by atoms with Crippen LogP contribution in [-0.4, -0.2) is 25.5 Å². The van der Waals surface area contributed by atoms with Crippen molar-refractivity contribution >= 4 is 16.0 Å². The summed E-state index contributed by atoms with van der Waals surface area (Å²) in [5.74, 6) is -2.87. The van der Waals surface area contributed by atoms with Gasteiger partial charge in [-0.2, -0.15) is 0 Å². The lowest BCUT2D eigenvalue weighted by Gasteiger charge is -2.18. The Morgan fingerprint density at radius 2 is 2.00 bits per heavy atom. The second kappa shape index (κ2) is 6.32. The fourth-order valence-corrected chi connectivity index (χ4v) is 3.17. The molecule has 2 N–H and O–H groups in total. The molecular formula is C13H18FNO4S. The van der Waals surface area contributed by atoms with Crippen LogP contribution in [0.25, 0.3) is 0 Å². The predicted octanol–water partition coefficient (Wildman–Crippen LogP) is 1.66. The van der Waals surface area contributed by atoms with Gasteiger partial charge in [-0.3, -0.25) is 4.79 Å². The first-order valence-corrected chi connectivity index (χ1v) is 7.75. The Bertz CT molecular complexity index is 598. The summed E-state index contributed by atoms with van der Waals surface area (Å²) in [7, 11) is -3.93. The number of aliphatic carboxylic acids is 1. The number of carboxylic acids is 1. The van der Waals surface area contributed by atoms with Crippen LogP contribution in [0.4, 0.5) is 4.39 Å². The van der Waals surface area contributed by atoms with Crippen molar-refractivity contribution in [2.24, 2.45) is 5.92 Å². The Hall–Kier alpha value is -1.47. The molecule has 1 rings (SSSR count). The Kier molecular flexibility index (Phi) is 5.24. The lowest BCUT2D eigenvalue weighted by atomic mass is 10.1. The van der Waals surface area contributed by atoms with Gasteiger partial charge in [0.1, 0.15) is 11.9 Å². The quantitative estimate of drug-likeness (QED) is 0.837. The van der Waals surface area contributed by atoms with Gasteiger partial charge < -0.3 is 5.11 Å². The van der Waals surface area contributed by atoms with Crippen molar-refractivity contribution < 1.29 is 22.7 Å². The minimum Gasteiger partial charge on any atom is -0.480 e. The van der Waals surface area contributed by atoms with Crippen molar-refractivity contribution in [3.8, 4) is 0 Å². The number of carboxylic acid groups (broad SMARTS) is 1. The summed E-state index contributed by atoms with van der Waals surface area (Å²) in [6, 6.07) is 3.00. The number of benzene rings is 1. The summed E-state index contributed by atoms with van der Waals surface area (Å²) in [4.78, 5) is 11.0. The van der Waals surface area contributed by atoms with Crippen molar-refractivity contribution in [1.82, 2.24) is 4.72 Å². The monoisotopic (exact) mass is 303 g/mol. The number of aryl methyl sites for hydroxylation is 1. The van der Waals surface area contributed by atoms with Crippen LogP contribution in [0.3, 0.4) is 0 Å². The third kappa shape index (κ3) is 4.57. The van der Waals surface area contributed by atoms with E-state index in [4.69, 9.17) is 5.11 Å². The molecule has 1 aromatic carbocycles. The van der Waals surface area contributed by atoms with Gasteiger partial charge in [0.05, 0.1) is 5.75 Å². The van der Waals surface area contributed by atoms with Gasteiger partial charge in [0.2, 0.25) is 10.0 Å². The minimum atomic E-state index is -3.93. The summed E-state index contributed by atoms with van der Waals surface area (Å²) < 4.78 is 39.5. The van der Waals surface area contributed by atoms with E-state index < -0.39 is 39.5 Å². The smallest absolute Gasteiger partial charge is 0.321 e. The molecule has 5 nitrogen and oxygen atoms in total. The molecule has 0 heterocycles. The summed E-state index contributed by atoms with van der Waals surface area (Å²) in [5.41, 5.74) is 0.693. The lowest BCUT2D eigenvalue weighted by molar-refractivity contribution is -0.140. The Balaban J connectivity index is 2.92. The molecule has 1 aromatic rings. The molecule has 0 spiro atoms. The minimum absolute atomic E-state index is 0.0102. The van der Waals surface area contributed by atoms with Gasteiger partial charge in [0.25, 0.3) is 0 Å². The van der Waals surface area contributed by atoms with Crippen LogP contribution in [0.15, 0.2) is 18.2 Å². The molecule has 7 heteroatoms. The maximum absolute atomic E-state index is 13.6. The fourth-order valence-electron chi connectivity index (χ4n) is 1.68. The topological polar surface area (TPSA) is 83.5 Å². The van der Waals surface area contributed by atoms with Crippen LogP contribution in [0, 0.1) is 18.7 Å². The number of hydrogen-bond acceptors (Lipinski definition) is 3. The standard InChI is InChI=1S/C13H18FNO4S/c1-8(2)12(13(16)17)15-20(18,19)7-10-5-4-9(3)6-11(10)14/h4-6,8,12,15H,7H2,1-3H3,(H,16,17)/t12-/m0/s1. The number of rotatable bonds is 6. The van der Waals surface area contributed by atoms with Crippen molar-refractivity contribution in [3.05, 3.63) is 35.1 Å². The average Bonchev–Trinajstić information content (AvgIpc) is 2.29. The lowest BCUT2D eigenvalue weighted by Crippen LogP contribution is -2.44. The van der Waals surface area contributed by atoms with E-state index in [-0.39, 0.29) is 5.56 Å². The highest BCUT2D eigenvalue weighted by Gasteiger charge is 2.27. The maximum Gasteiger partial charge on any atom is 0.321 e. The molecule has 0 amide bonds. The molecule has 0 fully saturated rings. The normalized spacial score (nSPS) is 13.4. The first kappa shape index (κ1) is 16.6. The van der Waals surface area contributed by atoms with E-state index >= 15 is 0 Å². The van der Waals surface area contributed by atoms with Crippen molar-refractivity contribution in [2.45, 2.75) is 32.6 Å². The summed E-state index contributed by atoms with van der Waals surface area (Å²) in [6.07, 6.45) is 0. The highest BCUT2D eigenvalue weighted by atomic mass is 32.2. The van der Waals surface area contributed by atoms with Gasteiger partial charge >= 0.3 is 5.97 Å². The van der Waals surface area contributed by atoms with E-state index in [0.717, 1.165) is 0 Å². The van der Waals surface area contributed by atoms with Gasteiger partial charge in [-0.1, -0.05) is 26.0 Å². The molecule has 20 heavy (non-hydrogen) atoms. The third-order valence-electron chi connectivity index (χ3n) is 2.79. The molecular weight excluding hydrogens is 285 g/mol. The van der Waals surface area contributed by atoms with Gasteiger partial charge in [-0.25, -0.2) is 17.5 Å². The maximum atomic E-state index is 13.6. The van der Waals surface area contributed by atoms with E-state index in [1.807, 2.05) is 0 Å². The molecule has 0 aromatic heterocycles. The third-order valence-corrected chi connectivity index (χ3v) is 4.10. The fraction of sp³-hybridized carbons (Fsp3) is 0.462. The van der Waals surface area contributed by atoms with Crippen molar-refractivity contribution in [3.63, 3.8) is 0 Å². The zero-order chi connectivity index (χ0) is 15.5. The van der Waals surface area contributed by atoms with E-state index in [9.17, 15) is 17.6 Å². The molecule has 0 aliphatic heterocycles. The van der Waals surface area contributed by atoms with Crippen LogP contribution in [0.1, 0.15) is 25.0 Å². The molecule has 0 aliphatic rings. The van der Waals surface area contributed by atoms with Gasteiger partial charge in [-0.05, 0) is 24.5 Å². The molecule has 0 unspecified atom stereocenters. The second-order valence-electron chi connectivity index (χ2n) is 5.03. The number of carbonyl (C=O) groups is 1. The molecule has 0 aliphatic carbocycles. The summed E-state index contributed by atoms with van der Waals surface area (Å²) >= 11 is 0. The molecule has 112 valence electrons. The van der Waals surface area contributed by atoms with Gasteiger partial charge in [-0.15, -0.1) is 0 Å². The molecule has 0 saturated heterocycles. The number of sulfonamides is 1. The average molecular weight is 303 g/mol. The summed E-state index contributed by atoms with van der Waals surface area (Å²) in [5, 5.41) is 8.96. The van der Waals surface area contributed by atoms with Crippen molar-refractivity contribution in [1.29, 1.82) is 0 Å². The zero-order valence-corrected chi connectivity index (χ0v) is 12.4. The first-order chi connectivity index (χ1) is 9.12. The summed E-state index contributed by atoms with van der Waals surface area (Å²) in [6.45, 7) is 4.88.